The van der Waals surface area contributed by atoms with E-state index in [9.17, 15) is 0 Å². The number of benzene rings is 3. The quantitative estimate of drug-likeness (QED) is 0.174. The molecule has 5 nitrogen and oxygen atoms in total. The molecule has 0 bridgehead atoms. The minimum Gasteiger partial charge on any atom is -0.383 e. The van der Waals surface area contributed by atoms with Gasteiger partial charge in [0.25, 0.3) is 0 Å². The predicted molar refractivity (Wildman–Crippen MR) is 180 cm³/mol. The number of hydrogen-bond acceptors (Lipinski definition) is 5. The Balaban J connectivity index is 1.16. The zero-order valence-corrected chi connectivity index (χ0v) is 23.9. The molecule has 9 rings (SSSR count). The van der Waals surface area contributed by atoms with Crippen LogP contribution in [0.4, 0.5) is 0 Å². The van der Waals surface area contributed by atoms with Crippen molar-refractivity contribution < 1.29 is 0 Å². The maximum absolute atomic E-state index is 5.23. The summed E-state index contributed by atoms with van der Waals surface area (Å²) in [5.41, 5.74) is 12.0. The predicted octanol–water partition coefficient (Wildman–Crippen LogP) is 8.10. The highest BCUT2D eigenvalue weighted by molar-refractivity contribution is 6.16. The lowest BCUT2D eigenvalue weighted by Gasteiger charge is -2.34. The summed E-state index contributed by atoms with van der Waals surface area (Å²) in [6, 6.07) is 30.0. The van der Waals surface area contributed by atoms with Gasteiger partial charge in [0, 0.05) is 64.1 Å². The Kier molecular flexibility index (Phi) is 5.63. The summed E-state index contributed by atoms with van der Waals surface area (Å²) in [6.45, 7) is 0.851. The summed E-state index contributed by atoms with van der Waals surface area (Å²) in [5, 5.41) is 6.84. The topological polar surface area (TPSA) is 63.1 Å². The second-order valence-corrected chi connectivity index (χ2v) is 11.5. The molecule has 5 heteroatoms. The molecule has 0 amide bonds. The lowest BCUT2D eigenvalue weighted by atomic mass is 9.77. The minimum atomic E-state index is 0.0932. The largest absolute Gasteiger partial charge is 0.383 e. The van der Waals surface area contributed by atoms with Crippen LogP contribution in [-0.4, -0.2) is 33.8 Å². The fourth-order valence-electron chi connectivity index (χ4n) is 6.89. The summed E-state index contributed by atoms with van der Waals surface area (Å²) < 4.78 is 0. The lowest BCUT2D eigenvalue weighted by molar-refractivity contribution is 0.608. The van der Waals surface area contributed by atoms with Crippen LogP contribution in [0.15, 0.2) is 144 Å². The van der Waals surface area contributed by atoms with Crippen LogP contribution in [0, 0.1) is 5.92 Å². The van der Waals surface area contributed by atoms with Crippen molar-refractivity contribution in [2.45, 2.75) is 6.04 Å². The van der Waals surface area contributed by atoms with Crippen molar-refractivity contribution in [2.24, 2.45) is 10.9 Å². The molecule has 44 heavy (non-hydrogen) atoms. The summed E-state index contributed by atoms with van der Waals surface area (Å²) in [7, 11) is 0. The van der Waals surface area contributed by atoms with Gasteiger partial charge in [0.1, 0.15) is 6.04 Å². The molecule has 0 spiro atoms. The number of para-hydroxylation sites is 1. The van der Waals surface area contributed by atoms with Crippen molar-refractivity contribution in [3.63, 3.8) is 0 Å². The second kappa shape index (κ2) is 9.96. The SMILES string of the molecule is C1=CC2C(c3ccc(-c4ccc5ccc6c(-c7ccncc7)c7ccccc7nc6c5n4)cc3)=CC3=C(NCC=C3)[C@@H]2N=C1. The second-order valence-electron chi connectivity index (χ2n) is 11.5. The molecule has 1 unspecified atom stereocenters. The van der Waals surface area contributed by atoms with Gasteiger partial charge in [-0.1, -0.05) is 78.9 Å². The molecule has 5 heterocycles. The molecule has 3 aromatic carbocycles. The number of nitrogens with one attached hydrogen (secondary N) is 1. The van der Waals surface area contributed by atoms with Crippen molar-refractivity contribution in [2.75, 3.05) is 6.54 Å². The molecule has 208 valence electrons. The van der Waals surface area contributed by atoms with E-state index in [1.54, 1.807) is 0 Å². The van der Waals surface area contributed by atoms with Crippen LogP contribution in [-0.2, 0) is 0 Å². The van der Waals surface area contributed by atoms with E-state index in [1.165, 1.54) is 22.4 Å². The third-order valence-corrected chi connectivity index (χ3v) is 8.97. The van der Waals surface area contributed by atoms with Gasteiger partial charge in [0.2, 0.25) is 0 Å². The number of dihydropyridines is 2. The fourth-order valence-corrected chi connectivity index (χ4v) is 6.89. The van der Waals surface area contributed by atoms with Crippen LogP contribution in [0.5, 0.6) is 0 Å². The van der Waals surface area contributed by atoms with Gasteiger partial charge < -0.3 is 5.32 Å². The first-order valence-corrected chi connectivity index (χ1v) is 15.0. The Hall–Kier alpha value is -5.68. The Morgan fingerprint density at radius 3 is 2.48 bits per heavy atom. The van der Waals surface area contributed by atoms with Gasteiger partial charge in [0.05, 0.1) is 22.2 Å². The van der Waals surface area contributed by atoms with Gasteiger partial charge in [0.15, 0.2) is 0 Å². The molecule has 0 saturated carbocycles. The molecule has 0 fully saturated rings. The van der Waals surface area contributed by atoms with Crippen molar-refractivity contribution in [3.05, 3.63) is 145 Å². The average molecular weight is 566 g/mol. The molecule has 0 saturated heterocycles. The zero-order valence-electron chi connectivity index (χ0n) is 23.9. The molecular weight excluding hydrogens is 538 g/mol. The van der Waals surface area contributed by atoms with Crippen molar-refractivity contribution in [1.29, 1.82) is 0 Å². The van der Waals surface area contributed by atoms with E-state index in [1.807, 2.05) is 24.7 Å². The van der Waals surface area contributed by atoms with Crippen LogP contribution >= 0.6 is 0 Å². The number of allylic oxidation sites excluding steroid dienone is 4. The maximum Gasteiger partial charge on any atom is 0.100 e. The summed E-state index contributed by atoms with van der Waals surface area (Å²) in [6.07, 6.45) is 16.6. The Morgan fingerprint density at radius 1 is 0.727 bits per heavy atom. The standard InChI is InChI=1S/C39H27N5/c1-2-8-34-30(6-1)35(26-17-21-40-22-18-26)31-15-13-27-14-16-33(43-37(27)39(31)44-34)25-11-9-24(10-12-25)32-23-28-5-3-19-41-36(28)38-29(32)7-4-20-42-38/h1-18,20-23,29,38,41H,19H2/t29?,38-/m1/s1. The normalized spacial score (nSPS) is 18.8. The fraction of sp³-hybridized carbons (Fsp3) is 0.0769. The smallest absolute Gasteiger partial charge is 0.100 e. The minimum absolute atomic E-state index is 0.0932. The van der Waals surface area contributed by atoms with E-state index >= 15 is 0 Å². The van der Waals surface area contributed by atoms with Crippen LogP contribution in [0.3, 0.4) is 0 Å². The van der Waals surface area contributed by atoms with E-state index in [0.717, 1.165) is 61.6 Å². The van der Waals surface area contributed by atoms with Crippen molar-refractivity contribution in [1.82, 2.24) is 20.3 Å². The molecule has 0 radical (unpaired) electrons. The number of aliphatic imine (C=N–C) groups is 1. The Bertz CT molecular complexity index is 2270. The van der Waals surface area contributed by atoms with E-state index in [0.29, 0.717) is 0 Å². The van der Waals surface area contributed by atoms with Gasteiger partial charge in [-0.15, -0.1) is 0 Å². The van der Waals surface area contributed by atoms with Gasteiger partial charge in [-0.05, 0) is 58.7 Å². The highest BCUT2D eigenvalue weighted by Crippen LogP contribution is 2.41. The third-order valence-electron chi connectivity index (χ3n) is 8.97. The van der Waals surface area contributed by atoms with E-state index in [4.69, 9.17) is 15.0 Å². The van der Waals surface area contributed by atoms with E-state index in [2.05, 4.69) is 120 Å². The van der Waals surface area contributed by atoms with E-state index in [-0.39, 0.29) is 12.0 Å². The highest BCUT2D eigenvalue weighted by atomic mass is 15.0. The molecular formula is C39H27N5. The van der Waals surface area contributed by atoms with E-state index < -0.39 is 0 Å². The first-order valence-electron chi connectivity index (χ1n) is 15.0. The molecule has 2 atom stereocenters. The maximum atomic E-state index is 5.23. The Labute approximate surface area is 254 Å². The van der Waals surface area contributed by atoms with Crippen molar-refractivity contribution >= 4 is 44.5 Å². The molecule has 1 aliphatic carbocycles. The number of rotatable bonds is 3. The van der Waals surface area contributed by atoms with Crippen LogP contribution in [0.1, 0.15) is 5.56 Å². The first kappa shape index (κ1) is 24.9. The molecule has 3 aliphatic rings. The van der Waals surface area contributed by atoms with Gasteiger partial charge in [-0.2, -0.15) is 0 Å². The van der Waals surface area contributed by atoms with Crippen LogP contribution in [0.2, 0.25) is 0 Å². The van der Waals surface area contributed by atoms with Crippen molar-refractivity contribution in [3.8, 4) is 22.4 Å². The number of aromatic nitrogens is 3. The molecule has 6 aromatic rings. The summed E-state index contributed by atoms with van der Waals surface area (Å²) >= 11 is 0. The number of hydrogen-bond donors (Lipinski definition) is 1. The molecule has 3 aromatic heterocycles. The van der Waals surface area contributed by atoms with Gasteiger partial charge in [-0.25, -0.2) is 9.97 Å². The monoisotopic (exact) mass is 565 g/mol. The van der Waals surface area contributed by atoms with Crippen LogP contribution < -0.4 is 5.32 Å². The third kappa shape index (κ3) is 3.93. The Morgan fingerprint density at radius 2 is 1.57 bits per heavy atom. The number of fused-ring (bicyclic) bond motifs is 6. The van der Waals surface area contributed by atoms with Crippen LogP contribution in [0.25, 0.3) is 60.7 Å². The average Bonchev–Trinajstić information content (AvgIpc) is 3.10. The first-order chi connectivity index (χ1) is 21.8. The lowest BCUT2D eigenvalue weighted by Crippen LogP contribution is -2.35. The molecule has 2 aliphatic heterocycles. The highest BCUT2D eigenvalue weighted by Gasteiger charge is 2.33. The van der Waals surface area contributed by atoms with Gasteiger partial charge >= 0.3 is 0 Å². The molecule has 1 N–H and O–H groups in total. The number of pyridine rings is 3. The zero-order chi connectivity index (χ0) is 29.0. The van der Waals surface area contributed by atoms with Gasteiger partial charge in [-0.3, -0.25) is 9.98 Å². The summed E-state index contributed by atoms with van der Waals surface area (Å²) in [5.74, 6) is 0.212. The number of nitrogens with zero attached hydrogens (tertiary/aromatic N) is 4. The summed E-state index contributed by atoms with van der Waals surface area (Å²) in [4.78, 5) is 19.5.